The molecule has 3 amide bonds. The second-order valence-corrected chi connectivity index (χ2v) is 11.0. The molecule has 39 heavy (non-hydrogen) atoms. The second-order valence-electron chi connectivity index (χ2n) is 10.6. The molecule has 204 valence electrons. The van der Waals surface area contributed by atoms with Crippen molar-refractivity contribution in [3.05, 3.63) is 76.8 Å². The number of anilines is 1. The van der Waals surface area contributed by atoms with Crippen molar-refractivity contribution in [1.82, 2.24) is 10.2 Å². The molecule has 1 saturated carbocycles. The summed E-state index contributed by atoms with van der Waals surface area (Å²) in [6.07, 6.45) is 6.66. The van der Waals surface area contributed by atoms with Crippen LogP contribution in [0.2, 0.25) is 5.02 Å². The Morgan fingerprint density at radius 3 is 2.51 bits per heavy atom. The van der Waals surface area contributed by atoms with Crippen molar-refractivity contribution in [2.75, 3.05) is 11.4 Å². The number of nitrogens with zero attached hydrogens (tertiary/aromatic N) is 2. The highest BCUT2D eigenvalue weighted by molar-refractivity contribution is 6.31. The lowest BCUT2D eigenvalue weighted by Gasteiger charge is -2.33. The van der Waals surface area contributed by atoms with Crippen LogP contribution in [0.25, 0.3) is 10.8 Å². The van der Waals surface area contributed by atoms with E-state index >= 15 is 0 Å². The van der Waals surface area contributed by atoms with Crippen molar-refractivity contribution in [2.24, 2.45) is 0 Å². The summed E-state index contributed by atoms with van der Waals surface area (Å²) in [7, 11) is 0. The standard InChI is InChI=1S/C32H36ClN3O3/c1-2-27(31(38)34-24-14-4-3-5-15-24)36(21-23-11-6-7-17-26(23)33)29(37)19-10-20-35-28-18-9-13-22-12-8-16-25(30(22)28)32(35)39/h6-9,11-13,16-18,24,27H,2-5,10,14-15,19-21H2,1H3,(H,34,38). The monoisotopic (exact) mass is 545 g/mol. The van der Waals surface area contributed by atoms with Crippen molar-refractivity contribution in [2.45, 2.75) is 76.9 Å². The Morgan fingerprint density at radius 1 is 1.03 bits per heavy atom. The molecule has 7 heteroatoms. The van der Waals surface area contributed by atoms with Gasteiger partial charge in [0.15, 0.2) is 0 Å². The van der Waals surface area contributed by atoms with E-state index in [4.69, 9.17) is 11.6 Å². The molecule has 0 spiro atoms. The quantitative estimate of drug-likeness (QED) is 0.316. The molecule has 2 aliphatic rings. The minimum atomic E-state index is -0.581. The Hall–Kier alpha value is -3.38. The molecule has 3 aromatic carbocycles. The summed E-state index contributed by atoms with van der Waals surface area (Å²) in [6.45, 7) is 2.64. The normalized spacial score (nSPS) is 15.9. The van der Waals surface area contributed by atoms with E-state index in [-0.39, 0.29) is 36.7 Å². The van der Waals surface area contributed by atoms with Gasteiger partial charge in [0.1, 0.15) is 6.04 Å². The van der Waals surface area contributed by atoms with E-state index in [0.717, 1.165) is 47.7 Å². The van der Waals surface area contributed by atoms with Gasteiger partial charge in [0, 0.05) is 41.5 Å². The van der Waals surface area contributed by atoms with Gasteiger partial charge in [-0.2, -0.15) is 0 Å². The van der Waals surface area contributed by atoms with Gasteiger partial charge in [-0.25, -0.2) is 0 Å². The number of hydrogen-bond acceptors (Lipinski definition) is 3. The Balaban J connectivity index is 1.30. The summed E-state index contributed by atoms with van der Waals surface area (Å²) >= 11 is 6.46. The van der Waals surface area contributed by atoms with Gasteiger partial charge in [-0.1, -0.05) is 80.3 Å². The zero-order valence-electron chi connectivity index (χ0n) is 22.5. The molecule has 1 N–H and O–H groups in total. The topological polar surface area (TPSA) is 69.7 Å². The predicted molar refractivity (Wildman–Crippen MR) is 156 cm³/mol. The van der Waals surface area contributed by atoms with E-state index in [1.54, 1.807) is 15.9 Å². The minimum absolute atomic E-state index is 0.0273. The molecule has 1 aliphatic heterocycles. The number of rotatable bonds is 10. The molecular weight excluding hydrogens is 510 g/mol. The molecule has 1 heterocycles. The van der Waals surface area contributed by atoms with Crippen LogP contribution in [0.3, 0.4) is 0 Å². The number of halogens is 1. The maximum absolute atomic E-state index is 13.7. The lowest BCUT2D eigenvalue weighted by molar-refractivity contribution is -0.141. The zero-order chi connectivity index (χ0) is 27.4. The summed E-state index contributed by atoms with van der Waals surface area (Å²) in [5.74, 6) is -0.231. The Kier molecular flexibility index (Phi) is 8.51. The summed E-state index contributed by atoms with van der Waals surface area (Å²) in [5, 5.41) is 5.80. The number of hydrogen-bond donors (Lipinski definition) is 1. The van der Waals surface area contributed by atoms with Crippen LogP contribution < -0.4 is 10.2 Å². The number of nitrogens with one attached hydrogen (secondary N) is 1. The first kappa shape index (κ1) is 27.2. The average molecular weight is 546 g/mol. The second kappa shape index (κ2) is 12.2. The van der Waals surface area contributed by atoms with Gasteiger partial charge in [-0.3, -0.25) is 14.4 Å². The lowest BCUT2D eigenvalue weighted by atomic mass is 9.95. The van der Waals surface area contributed by atoms with Crippen LogP contribution in [0.15, 0.2) is 60.7 Å². The van der Waals surface area contributed by atoms with Gasteiger partial charge >= 0.3 is 0 Å². The van der Waals surface area contributed by atoms with Crippen molar-refractivity contribution in [1.29, 1.82) is 0 Å². The third-order valence-corrected chi connectivity index (χ3v) is 8.43. The van der Waals surface area contributed by atoms with Crippen LogP contribution in [-0.2, 0) is 16.1 Å². The largest absolute Gasteiger partial charge is 0.352 e. The molecule has 0 aromatic heterocycles. The van der Waals surface area contributed by atoms with Crippen molar-refractivity contribution < 1.29 is 14.4 Å². The van der Waals surface area contributed by atoms with Gasteiger partial charge in [0.05, 0.1) is 5.69 Å². The van der Waals surface area contributed by atoms with Gasteiger partial charge in [-0.15, -0.1) is 0 Å². The predicted octanol–water partition coefficient (Wildman–Crippen LogP) is 6.49. The van der Waals surface area contributed by atoms with Crippen LogP contribution in [0.1, 0.15) is 74.2 Å². The van der Waals surface area contributed by atoms with Crippen LogP contribution in [0.5, 0.6) is 0 Å². The van der Waals surface area contributed by atoms with Crippen LogP contribution in [-0.4, -0.2) is 41.2 Å². The number of carbonyl (C=O) groups excluding carboxylic acids is 3. The molecule has 1 unspecified atom stereocenters. The molecule has 0 saturated heterocycles. The zero-order valence-corrected chi connectivity index (χ0v) is 23.3. The highest BCUT2D eigenvalue weighted by Gasteiger charge is 2.32. The van der Waals surface area contributed by atoms with Gasteiger partial charge in [0.25, 0.3) is 5.91 Å². The summed E-state index contributed by atoms with van der Waals surface area (Å²) in [5.41, 5.74) is 2.42. The SMILES string of the molecule is CCC(C(=O)NC1CCCCC1)N(Cc1ccccc1Cl)C(=O)CCCN1C(=O)c2cccc3cccc1c23. The van der Waals surface area contributed by atoms with E-state index in [1.807, 2.05) is 61.5 Å². The van der Waals surface area contributed by atoms with Crippen molar-refractivity contribution in [3.63, 3.8) is 0 Å². The van der Waals surface area contributed by atoms with Crippen LogP contribution in [0.4, 0.5) is 5.69 Å². The lowest BCUT2D eigenvalue weighted by Crippen LogP contribution is -2.51. The molecule has 6 nitrogen and oxygen atoms in total. The molecule has 1 atom stereocenters. The molecule has 1 fully saturated rings. The average Bonchev–Trinajstić information content (AvgIpc) is 3.22. The van der Waals surface area contributed by atoms with Gasteiger partial charge < -0.3 is 15.1 Å². The van der Waals surface area contributed by atoms with Gasteiger partial charge in [-0.05, 0) is 54.8 Å². The number of carbonyl (C=O) groups is 3. The fourth-order valence-corrected chi connectivity index (χ4v) is 6.20. The molecule has 0 radical (unpaired) electrons. The Labute approximate surface area is 235 Å². The van der Waals surface area contributed by atoms with Crippen molar-refractivity contribution >= 4 is 45.8 Å². The number of amides is 3. The van der Waals surface area contributed by atoms with Crippen LogP contribution >= 0.6 is 11.6 Å². The first-order valence-corrected chi connectivity index (χ1v) is 14.5. The highest BCUT2D eigenvalue weighted by atomic mass is 35.5. The van der Waals surface area contributed by atoms with Crippen LogP contribution in [0, 0.1) is 0 Å². The summed E-state index contributed by atoms with van der Waals surface area (Å²) < 4.78 is 0. The van der Waals surface area contributed by atoms with E-state index in [0.29, 0.717) is 30.0 Å². The maximum Gasteiger partial charge on any atom is 0.258 e. The molecular formula is C32H36ClN3O3. The summed E-state index contributed by atoms with van der Waals surface area (Å²) in [4.78, 5) is 43.8. The summed E-state index contributed by atoms with van der Waals surface area (Å²) in [6, 6.07) is 18.8. The van der Waals surface area contributed by atoms with E-state index in [2.05, 4.69) is 5.32 Å². The Bertz CT molecular complexity index is 1360. The Morgan fingerprint density at radius 2 is 1.77 bits per heavy atom. The highest BCUT2D eigenvalue weighted by Crippen LogP contribution is 2.37. The van der Waals surface area contributed by atoms with Crippen molar-refractivity contribution in [3.8, 4) is 0 Å². The number of benzene rings is 3. The van der Waals surface area contributed by atoms with E-state index < -0.39 is 6.04 Å². The van der Waals surface area contributed by atoms with Gasteiger partial charge in [0.2, 0.25) is 11.8 Å². The first-order chi connectivity index (χ1) is 19.0. The fraction of sp³-hybridized carbons (Fsp3) is 0.406. The molecule has 5 rings (SSSR count). The molecule has 0 bridgehead atoms. The maximum atomic E-state index is 13.7. The third-order valence-electron chi connectivity index (χ3n) is 8.06. The first-order valence-electron chi connectivity index (χ1n) is 14.1. The molecule has 1 aliphatic carbocycles. The van der Waals surface area contributed by atoms with E-state index in [9.17, 15) is 14.4 Å². The fourth-order valence-electron chi connectivity index (χ4n) is 6.01. The third kappa shape index (κ3) is 5.81. The smallest absolute Gasteiger partial charge is 0.258 e. The van der Waals surface area contributed by atoms with E-state index in [1.165, 1.54) is 6.42 Å². The minimum Gasteiger partial charge on any atom is -0.352 e. The molecule has 3 aromatic rings.